The standard InChI is InChI=1S/C20H24N4O/c25-19(18-3-1-8-22-13-18)24-11-2-6-20(16-24)7-12-23(15-20)14-17-4-9-21-10-5-17/h1,3-5,8-10,13H,2,6-7,11-12,14-16H2/t20-/m1/s1. The van der Waals surface area contributed by atoms with Crippen LogP contribution in [0.4, 0.5) is 0 Å². The van der Waals surface area contributed by atoms with E-state index in [4.69, 9.17) is 0 Å². The zero-order valence-electron chi connectivity index (χ0n) is 14.5. The topological polar surface area (TPSA) is 49.3 Å². The summed E-state index contributed by atoms with van der Waals surface area (Å²) in [5, 5.41) is 0. The molecule has 0 aromatic carbocycles. The molecule has 2 saturated heterocycles. The second kappa shape index (κ2) is 6.92. The number of carbonyl (C=O) groups excluding carboxylic acids is 1. The number of aromatic nitrogens is 2. The van der Waals surface area contributed by atoms with Crippen molar-refractivity contribution in [1.82, 2.24) is 19.8 Å². The monoisotopic (exact) mass is 336 g/mol. The first-order valence-electron chi connectivity index (χ1n) is 9.05. The lowest BCUT2D eigenvalue weighted by molar-refractivity contribution is 0.0526. The Bertz CT molecular complexity index is 721. The van der Waals surface area contributed by atoms with Crippen molar-refractivity contribution in [3.8, 4) is 0 Å². The van der Waals surface area contributed by atoms with Gasteiger partial charge < -0.3 is 4.90 Å². The highest BCUT2D eigenvalue weighted by Crippen LogP contribution is 2.39. The second-order valence-corrected chi connectivity index (χ2v) is 7.39. The number of carbonyl (C=O) groups is 1. The van der Waals surface area contributed by atoms with E-state index in [0.29, 0.717) is 5.56 Å². The van der Waals surface area contributed by atoms with Crippen LogP contribution in [0.15, 0.2) is 49.1 Å². The number of likely N-dealkylation sites (tertiary alicyclic amines) is 2. The molecule has 0 aliphatic carbocycles. The number of nitrogens with zero attached hydrogens (tertiary/aromatic N) is 4. The molecule has 0 unspecified atom stereocenters. The van der Waals surface area contributed by atoms with Gasteiger partial charge in [0.1, 0.15) is 0 Å². The molecule has 2 aromatic heterocycles. The second-order valence-electron chi connectivity index (χ2n) is 7.39. The zero-order valence-corrected chi connectivity index (χ0v) is 14.5. The Morgan fingerprint density at radius 1 is 1.04 bits per heavy atom. The van der Waals surface area contributed by atoms with E-state index in [-0.39, 0.29) is 11.3 Å². The minimum Gasteiger partial charge on any atom is -0.338 e. The summed E-state index contributed by atoms with van der Waals surface area (Å²) < 4.78 is 0. The molecule has 130 valence electrons. The van der Waals surface area contributed by atoms with Crippen LogP contribution < -0.4 is 0 Å². The van der Waals surface area contributed by atoms with Crippen molar-refractivity contribution in [3.63, 3.8) is 0 Å². The average Bonchev–Trinajstić information content (AvgIpc) is 3.04. The van der Waals surface area contributed by atoms with E-state index in [9.17, 15) is 4.79 Å². The normalized spacial score (nSPS) is 23.9. The summed E-state index contributed by atoms with van der Waals surface area (Å²) in [5.41, 5.74) is 2.26. The number of hydrogen-bond acceptors (Lipinski definition) is 4. The third-order valence-electron chi connectivity index (χ3n) is 5.53. The van der Waals surface area contributed by atoms with Gasteiger partial charge in [-0.2, -0.15) is 0 Å². The molecule has 1 amide bonds. The van der Waals surface area contributed by atoms with Gasteiger partial charge in [-0.3, -0.25) is 19.7 Å². The first-order valence-corrected chi connectivity index (χ1v) is 9.05. The van der Waals surface area contributed by atoms with Gasteiger partial charge in [-0.1, -0.05) is 0 Å². The minimum absolute atomic E-state index is 0.125. The van der Waals surface area contributed by atoms with Crippen LogP contribution >= 0.6 is 0 Å². The molecule has 0 saturated carbocycles. The van der Waals surface area contributed by atoms with Gasteiger partial charge in [0.2, 0.25) is 0 Å². The van der Waals surface area contributed by atoms with Gasteiger partial charge in [-0.05, 0) is 55.6 Å². The Balaban J connectivity index is 1.42. The van der Waals surface area contributed by atoms with Crippen molar-refractivity contribution >= 4 is 5.91 Å². The van der Waals surface area contributed by atoms with E-state index in [1.165, 1.54) is 18.4 Å². The number of rotatable bonds is 3. The van der Waals surface area contributed by atoms with E-state index in [2.05, 4.69) is 27.0 Å². The Kier molecular flexibility index (Phi) is 4.49. The maximum absolute atomic E-state index is 12.8. The van der Waals surface area contributed by atoms with Crippen LogP contribution in [-0.2, 0) is 6.54 Å². The van der Waals surface area contributed by atoms with Crippen LogP contribution in [-0.4, -0.2) is 51.9 Å². The summed E-state index contributed by atoms with van der Waals surface area (Å²) in [5.74, 6) is 0.125. The fourth-order valence-electron chi connectivity index (χ4n) is 4.30. The molecule has 1 spiro atoms. The first-order chi connectivity index (χ1) is 12.2. The van der Waals surface area contributed by atoms with Gasteiger partial charge in [-0.25, -0.2) is 0 Å². The molecule has 2 aromatic rings. The summed E-state index contributed by atoms with van der Waals surface area (Å²) in [6.45, 7) is 4.89. The third-order valence-corrected chi connectivity index (χ3v) is 5.53. The van der Waals surface area contributed by atoms with Crippen molar-refractivity contribution < 1.29 is 4.79 Å². The SMILES string of the molecule is O=C(c1cccnc1)N1CCC[C@]2(CCN(Cc3ccncc3)C2)C1. The molecule has 4 heterocycles. The average molecular weight is 336 g/mol. The highest BCUT2D eigenvalue weighted by Gasteiger charge is 2.42. The van der Waals surface area contributed by atoms with Crippen LogP contribution in [0.5, 0.6) is 0 Å². The van der Waals surface area contributed by atoms with Crippen LogP contribution in [0.25, 0.3) is 0 Å². The van der Waals surface area contributed by atoms with Gasteiger partial charge in [0, 0.05) is 56.4 Å². The molecular formula is C20H24N4O. The van der Waals surface area contributed by atoms with Crippen molar-refractivity contribution in [3.05, 3.63) is 60.2 Å². The molecule has 2 aliphatic rings. The maximum Gasteiger partial charge on any atom is 0.255 e. The largest absolute Gasteiger partial charge is 0.338 e. The van der Waals surface area contributed by atoms with Gasteiger partial charge in [0.05, 0.1) is 5.56 Å². The smallest absolute Gasteiger partial charge is 0.255 e. The Hall–Kier alpha value is -2.27. The molecule has 0 bridgehead atoms. The predicted molar refractivity (Wildman–Crippen MR) is 95.9 cm³/mol. The van der Waals surface area contributed by atoms with Crippen LogP contribution in [0.2, 0.25) is 0 Å². The Morgan fingerprint density at radius 2 is 1.92 bits per heavy atom. The minimum atomic E-state index is 0.125. The van der Waals surface area contributed by atoms with Gasteiger partial charge >= 0.3 is 0 Å². The molecular weight excluding hydrogens is 312 g/mol. The molecule has 5 nitrogen and oxygen atoms in total. The first kappa shape index (κ1) is 16.2. The third kappa shape index (κ3) is 3.56. The van der Waals surface area contributed by atoms with Gasteiger partial charge in [0.15, 0.2) is 0 Å². The van der Waals surface area contributed by atoms with E-state index in [1.54, 1.807) is 12.4 Å². The molecule has 2 fully saturated rings. The summed E-state index contributed by atoms with van der Waals surface area (Å²) in [7, 11) is 0. The van der Waals surface area contributed by atoms with E-state index in [1.807, 2.05) is 29.4 Å². The summed E-state index contributed by atoms with van der Waals surface area (Å²) >= 11 is 0. The van der Waals surface area contributed by atoms with Gasteiger partial charge in [0.25, 0.3) is 5.91 Å². The van der Waals surface area contributed by atoms with E-state index >= 15 is 0 Å². The molecule has 5 heteroatoms. The lowest BCUT2D eigenvalue weighted by Crippen LogP contribution is -2.47. The Labute approximate surface area is 148 Å². The van der Waals surface area contributed by atoms with E-state index < -0.39 is 0 Å². The fraction of sp³-hybridized carbons (Fsp3) is 0.450. The molecule has 1 atom stereocenters. The predicted octanol–water partition coefficient (Wildman–Crippen LogP) is 2.60. The molecule has 4 rings (SSSR count). The van der Waals surface area contributed by atoms with Crippen LogP contribution in [0, 0.1) is 5.41 Å². The lowest BCUT2D eigenvalue weighted by Gasteiger charge is -2.40. The van der Waals surface area contributed by atoms with Crippen molar-refractivity contribution in [2.24, 2.45) is 5.41 Å². The van der Waals surface area contributed by atoms with Crippen molar-refractivity contribution in [1.29, 1.82) is 0 Å². The fourth-order valence-corrected chi connectivity index (χ4v) is 4.30. The quantitative estimate of drug-likeness (QED) is 0.864. The van der Waals surface area contributed by atoms with Crippen LogP contribution in [0.3, 0.4) is 0 Å². The summed E-state index contributed by atoms with van der Waals surface area (Å²) in [6.07, 6.45) is 10.6. The highest BCUT2D eigenvalue weighted by atomic mass is 16.2. The van der Waals surface area contributed by atoms with Crippen molar-refractivity contribution in [2.75, 3.05) is 26.2 Å². The number of pyridine rings is 2. The number of amides is 1. The zero-order chi connectivity index (χ0) is 17.1. The van der Waals surface area contributed by atoms with E-state index in [0.717, 1.165) is 39.1 Å². The summed E-state index contributed by atoms with van der Waals surface area (Å²) in [4.78, 5) is 25.5. The van der Waals surface area contributed by atoms with Gasteiger partial charge in [-0.15, -0.1) is 0 Å². The van der Waals surface area contributed by atoms with Crippen molar-refractivity contribution in [2.45, 2.75) is 25.8 Å². The number of piperidine rings is 1. The summed E-state index contributed by atoms with van der Waals surface area (Å²) in [6, 6.07) is 7.87. The maximum atomic E-state index is 12.8. The Morgan fingerprint density at radius 3 is 2.72 bits per heavy atom. The molecule has 0 radical (unpaired) electrons. The molecule has 25 heavy (non-hydrogen) atoms. The molecule has 0 N–H and O–H groups in total. The molecule has 2 aliphatic heterocycles. The lowest BCUT2D eigenvalue weighted by atomic mass is 9.79. The highest BCUT2D eigenvalue weighted by molar-refractivity contribution is 5.94. The van der Waals surface area contributed by atoms with Crippen LogP contribution in [0.1, 0.15) is 35.2 Å². The number of hydrogen-bond donors (Lipinski definition) is 0.